The Morgan fingerprint density at radius 3 is 2.43 bits per heavy atom. The van der Waals surface area contributed by atoms with E-state index in [9.17, 15) is 15.0 Å². The molecular weight excluding hydrogens is 380 g/mol. The number of carbonyl (C=O) groups excluding carboxylic acids is 1. The van der Waals surface area contributed by atoms with Crippen LogP contribution in [0, 0.1) is 17.3 Å². The number of esters is 1. The molecule has 1 saturated carbocycles. The highest BCUT2D eigenvalue weighted by Crippen LogP contribution is 2.41. The summed E-state index contributed by atoms with van der Waals surface area (Å²) in [5, 5.41) is 21.0. The zero-order valence-electron chi connectivity index (χ0n) is 20.2. The van der Waals surface area contributed by atoms with Crippen molar-refractivity contribution in [3.05, 3.63) is 0 Å². The van der Waals surface area contributed by atoms with Crippen molar-refractivity contribution in [1.29, 1.82) is 0 Å². The van der Waals surface area contributed by atoms with Gasteiger partial charge in [-0.2, -0.15) is 0 Å². The van der Waals surface area contributed by atoms with Gasteiger partial charge in [-0.05, 0) is 56.3 Å². The van der Waals surface area contributed by atoms with E-state index < -0.39 is 0 Å². The molecule has 0 spiro atoms. The maximum absolute atomic E-state index is 11.8. The smallest absolute Gasteiger partial charge is 0.306 e. The van der Waals surface area contributed by atoms with Crippen LogP contribution in [0.1, 0.15) is 105 Å². The molecular formula is C25H48O5. The fraction of sp³-hybridized carbons (Fsp3) is 0.960. The lowest BCUT2D eigenvalue weighted by Gasteiger charge is -2.27. The predicted octanol–water partition coefficient (Wildman–Crippen LogP) is 5.26. The van der Waals surface area contributed by atoms with E-state index in [-0.39, 0.29) is 35.6 Å². The molecule has 1 aliphatic carbocycles. The van der Waals surface area contributed by atoms with E-state index in [2.05, 4.69) is 20.8 Å². The van der Waals surface area contributed by atoms with Gasteiger partial charge in [0.1, 0.15) is 0 Å². The zero-order valence-corrected chi connectivity index (χ0v) is 20.2. The molecule has 5 heteroatoms. The van der Waals surface area contributed by atoms with Gasteiger partial charge in [0.05, 0.1) is 31.3 Å². The van der Waals surface area contributed by atoms with Gasteiger partial charge in [-0.15, -0.1) is 0 Å². The summed E-state index contributed by atoms with van der Waals surface area (Å²) >= 11 is 0. The van der Waals surface area contributed by atoms with Gasteiger partial charge in [-0.25, -0.2) is 0 Å². The summed E-state index contributed by atoms with van der Waals surface area (Å²) in [5.41, 5.74) is -0.0579. The van der Waals surface area contributed by atoms with Crippen molar-refractivity contribution in [1.82, 2.24) is 0 Å². The Morgan fingerprint density at radius 2 is 1.80 bits per heavy atom. The molecule has 5 atom stereocenters. The number of hydrogen-bond acceptors (Lipinski definition) is 5. The molecule has 30 heavy (non-hydrogen) atoms. The van der Waals surface area contributed by atoms with E-state index in [1.54, 1.807) is 7.11 Å². The molecule has 0 aliphatic heterocycles. The van der Waals surface area contributed by atoms with Crippen LogP contribution in [0.15, 0.2) is 0 Å². The number of carbonyl (C=O) groups is 1. The summed E-state index contributed by atoms with van der Waals surface area (Å²) in [6.07, 6.45) is 10.8. The van der Waals surface area contributed by atoms with Gasteiger partial charge in [0.15, 0.2) is 0 Å². The molecule has 0 heterocycles. The highest BCUT2D eigenvalue weighted by molar-refractivity contribution is 5.70. The number of aliphatic hydroxyl groups is 2. The maximum Gasteiger partial charge on any atom is 0.306 e. The van der Waals surface area contributed by atoms with Crippen LogP contribution < -0.4 is 0 Å². The van der Waals surface area contributed by atoms with Crippen LogP contribution in [-0.2, 0) is 14.3 Å². The van der Waals surface area contributed by atoms with Crippen LogP contribution in [0.5, 0.6) is 0 Å². The second kappa shape index (κ2) is 14.4. The lowest BCUT2D eigenvalue weighted by molar-refractivity contribution is -0.145. The fourth-order valence-electron chi connectivity index (χ4n) is 5.06. The van der Waals surface area contributed by atoms with E-state index in [1.165, 1.54) is 12.8 Å². The molecule has 5 nitrogen and oxygen atoms in total. The Morgan fingerprint density at radius 1 is 1.07 bits per heavy atom. The average Bonchev–Trinajstić information content (AvgIpc) is 2.98. The van der Waals surface area contributed by atoms with Crippen molar-refractivity contribution in [2.75, 3.05) is 13.7 Å². The minimum Gasteiger partial charge on any atom is -0.466 e. The van der Waals surface area contributed by atoms with E-state index in [4.69, 9.17) is 9.47 Å². The van der Waals surface area contributed by atoms with Crippen molar-refractivity contribution >= 4 is 5.97 Å². The van der Waals surface area contributed by atoms with Gasteiger partial charge < -0.3 is 19.7 Å². The summed E-state index contributed by atoms with van der Waals surface area (Å²) in [5.74, 6) is 0.443. The van der Waals surface area contributed by atoms with E-state index in [1.807, 2.05) is 6.92 Å². The topological polar surface area (TPSA) is 76.0 Å². The van der Waals surface area contributed by atoms with Crippen LogP contribution in [0.25, 0.3) is 0 Å². The first-order valence-corrected chi connectivity index (χ1v) is 12.3. The first-order valence-electron chi connectivity index (χ1n) is 12.3. The number of hydrogen-bond donors (Lipinski definition) is 2. The summed E-state index contributed by atoms with van der Waals surface area (Å²) < 4.78 is 10.8. The highest BCUT2D eigenvalue weighted by Gasteiger charge is 2.42. The van der Waals surface area contributed by atoms with Crippen LogP contribution in [0.2, 0.25) is 0 Å². The minimum absolute atomic E-state index is 0.0579. The monoisotopic (exact) mass is 428 g/mol. The summed E-state index contributed by atoms with van der Waals surface area (Å²) in [6.45, 7) is 8.70. The Balaban J connectivity index is 2.46. The normalized spacial score (nSPS) is 25.4. The molecule has 1 aliphatic rings. The van der Waals surface area contributed by atoms with Crippen molar-refractivity contribution in [3.63, 3.8) is 0 Å². The Bertz CT molecular complexity index is 464. The Kier molecular flexibility index (Phi) is 13.2. The third-order valence-corrected chi connectivity index (χ3v) is 6.84. The van der Waals surface area contributed by atoms with Crippen LogP contribution >= 0.6 is 0 Å². The molecule has 178 valence electrons. The quantitative estimate of drug-likeness (QED) is 0.259. The fourth-order valence-corrected chi connectivity index (χ4v) is 5.06. The molecule has 0 radical (unpaired) electrons. The van der Waals surface area contributed by atoms with Crippen LogP contribution in [-0.4, -0.2) is 48.2 Å². The van der Waals surface area contributed by atoms with Gasteiger partial charge in [0.25, 0.3) is 0 Å². The molecule has 1 unspecified atom stereocenters. The predicted molar refractivity (Wildman–Crippen MR) is 121 cm³/mol. The SMILES string of the molecule is CCCCCC(O)CC[C@@H]1[C@@H](CCCCC(C)(C)CC(=O)OCC)[C@@H](O)C[C@H]1OC. The molecule has 1 fully saturated rings. The Hall–Kier alpha value is -0.650. The van der Waals surface area contributed by atoms with Crippen LogP contribution in [0.3, 0.4) is 0 Å². The first-order chi connectivity index (χ1) is 14.2. The number of methoxy groups -OCH3 is 1. The molecule has 2 N–H and O–H groups in total. The molecule has 0 amide bonds. The Labute approximate surface area is 184 Å². The van der Waals surface area contributed by atoms with E-state index >= 15 is 0 Å². The van der Waals surface area contributed by atoms with Gasteiger partial charge in [-0.1, -0.05) is 52.9 Å². The third-order valence-electron chi connectivity index (χ3n) is 6.84. The lowest BCUT2D eigenvalue weighted by atomic mass is 9.81. The molecule has 0 aromatic carbocycles. The van der Waals surface area contributed by atoms with Crippen molar-refractivity contribution in [2.45, 2.75) is 123 Å². The number of ether oxygens (including phenoxy) is 2. The molecule has 0 saturated heterocycles. The third kappa shape index (κ3) is 10.1. The molecule has 0 aromatic rings. The standard InChI is InChI=1S/C25H48O5/c1-6-8-9-12-19(26)14-15-21-20(22(27)17-23(21)29-5)13-10-11-16-25(3,4)18-24(28)30-7-2/h19-23,26-27H,6-18H2,1-5H3/t19?,20-,21-,22+,23-/m1/s1. The van der Waals surface area contributed by atoms with Crippen molar-refractivity contribution in [2.24, 2.45) is 17.3 Å². The summed E-state index contributed by atoms with van der Waals surface area (Å²) in [6, 6.07) is 0. The largest absolute Gasteiger partial charge is 0.466 e. The van der Waals surface area contributed by atoms with Gasteiger partial charge >= 0.3 is 5.97 Å². The number of aliphatic hydroxyl groups excluding tert-OH is 2. The second-order valence-corrected chi connectivity index (χ2v) is 10.0. The minimum atomic E-state index is -0.315. The lowest BCUT2D eigenvalue weighted by Crippen LogP contribution is -2.25. The summed E-state index contributed by atoms with van der Waals surface area (Å²) in [4.78, 5) is 11.8. The van der Waals surface area contributed by atoms with E-state index in [0.717, 1.165) is 51.4 Å². The van der Waals surface area contributed by atoms with Gasteiger partial charge in [0, 0.05) is 13.5 Å². The number of unbranched alkanes of at least 4 members (excludes halogenated alkanes) is 3. The van der Waals surface area contributed by atoms with E-state index in [0.29, 0.717) is 25.4 Å². The summed E-state index contributed by atoms with van der Waals surface area (Å²) in [7, 11) is 1.74. The maximum atomic E-state index is 11.8. The van der Waals surface area contributed by atoms with Crippen LogP contribution in [0.4, 0.5) is 0 Å². The molecule has 1 rings (SSSR count). The van der Waals surface area contributed by atoms with Crippen molar-refractivity contribution < 1.29 is 24.5 Å². The van der Waals surface area contributed by atoms with Crippen molar-refractivity contribution in [3.8, 4) is 0 Å². The average molecular weight is 429 g/mol. The van der Waals surface area contributed by atoms with Gasteiger partial charge in [-0.3, -0.25) is 4.79 Å². The molecule has 0 aromatic heterocycles. The second-order valence-electron chi connectivity index (χ2n) is 10.0. The number of rotatable bonds is 16. The first kappa shape index (κ1) is 27.4. The molecule has 0 bridgehead atoms. The zero-order chi connectivity index (χ0) is 22.6. The van der Waals surface area contributed by atoms with Gasteiger partial charge in [0.2, 0.25) is 0 Å². The highest BCUT2D eigenvalue weighted by atomic mass is 16.5.